The highest BCUT2D eigenvalue weighted by Crippen LogP contribution is 2.38. The number of fused-ring (bicyclic) bond motifs is 1. The van der Waals surface area contributed by atoms with Crippen molar-refractivity contribution >= 4 is 50.4 Å². The first-order valence-corrected chi connectivity index (χ1v) is 14.6. The predicted octanol–water partition coefficient (Wildman–Crippen LogP) is 4.95. The van der Waals surface area contributed by atoms with Crippen LogP contribution >= 0.6 is 11.6 Å². The van der Waals surface area contributed by atoms with Crippen LogP contribution in [0.4, 0.5) is 22.0 Å². The molecule has 0 radical (unpaired) electrons. The molecule has 5 rings (SSSR count). The van der Waals surface area contributed by atoms with Crippen molar-refractivity contribution in [2.24, 2.45) is 5.92 Å². The summed E-state index contributed by atoms with van der Waals surface area (Å²) in [5.74, 6) is 1.18. The molecule has 2 aliphatic rings. The van der Waals surface area contributed by atoms with Gasteiger partial charge in [-0.15, -0.1) is 0 Å². The van der Waals surface area contributed by atoms with Crippen LogP contribution in [0.3, 0.4) is 0 Å². The Morgan fingerprint density at radius 2 is 1.81 bits per heavy atom. The Kier molecular flexibility index (Phi) is 7.06. The van der Waals surface area contributed by atoms with Crippen LogP contribution in [-0.2, 0) is 10.0 Å². The number of nitrogens with zero attached hydrogens (tertiary/aromatic N) is 5. The maximum Gasteiger partial charge on any atom is 0.224 e. The van der Waals surface area contributed by atoms with Gasteiger partial charge in [-0.1, -0.05) is 24.6 Å². The molecule has 1 aliphatic heterocycles. The summed E-state index contributed by atoms with van der Waals surface area (Å²) in [7, 11) is -3.18. The number of hydrogen-bond acceptors (Lipinski definition) is 7. The maximum atomic E-state index is 14.6. The summed E-state index contributed by atoms with van der Waals surface area (Å²) in [6.07, 6.45) is 8.40. The minimum atomic E-state index is -3.18. The number of anilines is 3. The zero-order valence-electron chi connectivity index (χ0n) is 20.4. The molecule has 2 aromatic heterocycles. The Morgan fingerprint density at radius 3 is 2.47 bits per heavy atom. The van der Waals surface area contributed by atoms with Crippen LogP contribution in [0.2, 0.25) is 5.02 Å². The summed E-state index contributed by atoms with van der Waals surface area (Å²) >= 11 is 6.29. The second-order valence-corrected chi connectivity index (χ2v) is 12.3. The monoisotopic (exact) mass is 535 g/mol. The van der Waals surface area contributed by atoms with E-state index < -0.39 is 15.8 Å². The Labute approximate surface area is 215 Å². The molecule has 2 fully saturated rings. The minimum absolute atomic E-state index is 0.0715. The number of piperidine rings is 1. The van der Waals surface area contributed by atoms with Crippen molar-refractivity contribution in [1.82, 2.24) is 23.8 Å². The summed E-state index contributed by atoms with van der Waals surface area (Å²) in [4.78, 5) is 14.0. The molecule has 2 N–H and O–H groups in total. The number of sulfonamides is 1. The molecule has 12 heteroatoms. The summed E-state index contributed by atoms with van der Waals surface area (Å²) in [6.45, 7) is 3.20. The van der Waals surface area contributed by atoms with Crippen molar-refractivity contribution in [2.75, 3.05) is 30.0 Å². The van der Waals surface area contributed by atoms with Gasteiger partial charge >= 0.3 is 0 Å². The van der Waals surface area contributed by atoms with E-state index in [2.05, 4.69) is 27.1 Å². The van der Waals surface area contributed by atoms with Gasteiger partial charge < -0.3 is 10.6 Å². The van der Waals surface area contributed by atoms with Gasteiger partial charge in [0.2, 0.25) is 21.9 Å². The van der Waals surface area contributed by atoms with E-state index in [1.165, 1.54) is 16.6 Å². The topological polar surface area (TPSA) is 105 Å². The second kappa shape index (κ2) is 10.1. The Morgan fingerprint density at radius 1 is 1.08 bits per heavy atom. The normalized spacial score (nSPS) is 22.1. The van der Waals surface area contributed by atoms with Gasteiger partial charge in [-0.2, -0.15) is 4.98 Å². The molecule has 1 saturated heterocycles. The summed E-state index contributed by atoms with van der Waals surface area (Å²) in [6, 6.07) is 4.81. The average Bonchev–Trinajstić information content (AvgIpc) is 3.19. The quantitative estimate of drug-likeness (QED) is 0.460. The smallest absolute Gasteiger partial charge is 0.224 e. The van der Waals surface area contributed by atoms with E-state index in [1.54, 1.807) is 18.3 Å². The minimum Gasteiger partial charge on any atom is -0.351 e. The lowest BCUT2D eigenvalue weighted by molar-refractivity contribution is 0.295. The van der Waals surface area contributed by atoms with Crippen LogP contribution in [0.5, 0.6) is 0 Å². The van der Waals surface area contributed by atoms with Crippen LogP contribution in [-0.4, -0.2) is 57.6 Å². The van der Waals surface area contributed by atoms with Gasteiger partial charge in [0, 0.05) is 25.2 Å². The number of para-hydroxylation sites is 1. The molecule has 0 spiro atoms. The lowest BCUT2D eigenvalue weighted by Crippen LogP contribution is -2.42. The average molecular weight is 536 g/mol. The van der Waals surface area contributed by atoms with E-state index >= 15 is 0 Å². The van der Waals surface area contributed by atoms with Crippen LogP contribution in [0.15, 0.2) is 24.4 Å². The van der Waals surface area contributed by atoms with Gasteiger partial charge in [0.25, 0.3) is 0 Å². The number of aromatic nitrogens is 4. The summed E-state index contributed by atoms with van der Waals surface area (Å²) in [5.41, 5.74) is 1.47. The molecule has 0 unspecified atom stereocenters. The van der Waals surface area contributed by atoms with Crippen molar-refractivity contribution in [1.29, 1.82) is 0 Å². The Hall–Kier alpha value is -2.50. The summed E-state index contributed by atoms with van der Waals surface area (Å²) in [5, 5.41) is 6.77. The van der Waals surface area contributed by atoms with Gasteiger partial charge in [0.1, 0.15) is 11.3 Å². The van der Waals surface area contributed by atoms with Gasteiger partial charge in [-0.3, -0.25) is 4.57 Å². The van der Waals surface area contributed by atoms with E-state index in [0.717, 1.165) is 25.7 Å². The molecule has 194 valence electrons. The first-order chi connectivity index (χ1) is 17.2. The third kappa shape index (κ3) is 5.28. The number of rotatable bonds is 6. The van der Waals surface area contributed by atoms with Gasteiger partial charge in [-0.05, 0) is 56.6 Å². The molecule has 1 saturated carbocycles. The van der Waals surface area contributed by atoms with E-state index in [9.17, 15) is 12.8 Å². The number of imidazole rings is 1. The molecular formula is C24H31ClFN7O2S. The molecule has 3 aromatic rings. The Balaban J connectivity index is 1.45. The van der Waals surface area contributed by atoms with Crippen molar-refractivity contribution in [3.8, 4) is 0 Å². The lowest BCUT2D eigenvalue weighted by Gasteiger charge is -2.30. The maximum absolute atomic E-state index is 14.6. The number of benzene rings is 1. The summed E-state index contributed by atoms with van der Waals surface area (Å²) < 4.78 is 41.8. The van der Waals surface area contributed by atoms with E-state index in [-0.39, 0.29) is 22.8 Å². The highest BCUT2D eigenvalue weighted by molar-refractivity contribution is 7.88. The highest BCUT2D eigenvalue weighted by Gasteiger charge is 2.28. The molecule has 0 amide bonds. The highest BCUT2D eigenvalue weighted by atomic mass is 35.5. The van der Waals surface area contributed by atoms with Gasteiger partial charge in [-0.25, -0.2) is 27.1 Å². The van der Waals surface area contributed by atoms with Crippen molar-refractivity contribution < 1.29 is 12.8 Å². The van der Waals surface area contributed by atoms with Crippen LogP contribution in [0, 0.1) is 11.7 Å². The predicted molar refractivity (Wildman–Crippen MR) is 140 cm³/mol. The second-order valence-electron chi connectivity index (χ2n) is 9.92. The van der Waals surface area contributed by atoms with E-state index in [4.69, 9.17) is 21.6 Å². The SMILES string of the molecule is CS(=O)(=O)N1CCC(Nc2ncc3nc(Nc4c(F)cccc4Cl)n([C@H]4CC[C@@H](C)CC4)c3n2)CC1. The fourth-order valence-electron chi connectivity index (χ4n) is 5.14. The number of nitrogens with one attached hydrogen (secondary N) is 2. The zero-order chi connectivity index (χ0) is 25.4. The Bertz CT molecular complexity index is 1330. The first-order valence-electron chi connectivity index (χ1n) is 12.4. The zero-order valence-corrected chi connectivity index (χ0v) is 22.0. The molecule has 9 nitrogen and oxygen atoms in total. The van der Waals surface area contributed by atoms with Gasteiger partial charge in [0.15, 0.2) is 5.65 Å². The lowest BCUT2D eigenvalue weighted by atomic mass is 9.87. The molecule has 36 heavy (non-hydrogen) atoms. The van der Waals surface area contributed by atoms with E-state index in [0.29, 0.717) is 54.9 Å². The van der Waals surface area contributed by atoms with Crippen molar-refractivity contribution in [2.45, 2.75) is 57.5 Å². The first kappa shape index (κ1) is 25.2. The third-order valence-electron chi connectivity index (χ3n) is 7.24. The standard InChI is InChI=1S/C24H31ClFN7O2S/c1-15-6-8-17(9-7-15)33-22-20(29-24(33)30-21-18(25)4-3-5-19(21)26)14-27-23(31-22)28-16-10-12-32(13-11-16)36(2,34)35/h3-5,14-17H,6-13H2,1-2H3,(H,29,30)(H,27,28,31)/t15-,17+. The largest absolute Gasteiger partial charge is 0.351 e. The number of halogens is 2. The molecule has 0 atom stereocenters. The molecule has 1 aromatic carbocycles. The van der Waals surface area contributed by atoms with Crippen molar-refractivity contribution in [3.05, 3.63) is 35.2 Å². The fourth-order valence-corrected chi connectivity index (χ4v) is 6.22. The third-order valence-corrected chi connectivity index (χ3v) is 8.86. The molecule has 1 aliphatic carbocycles. The van der Waals surface area contributed by atoms with Crippen molar-refractivity contribution in [3.63, 3.8) is 0 Å². The fraction of sp³-hybridized carbons (Fsp3) is 0.542. The molecule has 3 heterocycles. The van der Waals surface area contributed by atoms with Crippen LogP contribution in [0.25, 0.3) is 11.2 Å². The number of hydrogen-bond donors (Lipinski definition) is 2. The molecule has 0 bridgehead atoms. The molecular weight excluding hydrogens is 505 g/mol. The van der Waals surface area contributed by atoms with E-state index in [1.807, 2.05) is 0 Å². The van der Waals surface area contributed by atoms with Crippen LogP contribution < -0.4 is 10.6 Å². The van der Waals surface area contributed by atoms with Gasteiger partial charge in [0.05, 0.1) is 23.2 Å². The van der Waals surface area contributed by atoms with Crippen LogP contribution in [0.1, 0.15) is 51.5 Å².